The number of amides is 1. The summed E-state index contributed by atoms with van der Waals surface area (Å²) in [6, 6.07) is 2.80. The summed E-state index contributed by atoms with van der Waals surface area (Å²) in [4.78, 5) is 13.2. The van der Waals surface area contributed by atoms with Crippen molar-refractivity contribution in [3.63, 3.8) is 0 Å². The van der Waals surface area contributed by atoms with Gasteiger partial charge in [-0.15, -0.1) is 0 Å². The summed E-state index contributed by atoms with van der Waals surface area (Å²) in [5.74, 6) is 4.88. The van der Waals surface area contributed by atoms with Gasteiger partial charge in [0.15, 0.2) is 0 Å². The molecule has 0 heterocycles. The third-order valence-electron chi connectivity index (χ3n) is 2.66. The summed E-state index contributed by atoms with van der Waals surface area (Å²) in [5, 5.41) is 8.58. The highest BCUT2D eigenvalue weighted by molar-refractivity contribution is 5.75. The Morgan fingerprint density at radius 3 is 2.56 bits per heavy atom. The molecule has 0 spiro atoms. The molecule has 0 aromatic heterocycles. The van der Waals surface area contributed by atoms with Crippen LogP contribution in [-0.4, -0.2) is 29.4 Å². The third-order valence-corrected chi connectivity index (χ3v) is 2.66. The zero-order chi connectivity index (χ0) is 12.6. The standard InChI is InChI=1S/C11H22N4O/c1-9(2)15(8-4-7-12)10(3)5-6-11(16)14-13/h9-10H,4-6,8,13H2,1-3H3,(H,14,16). The molecule has 1 amide bonds. The highest BCUT2D eigenvalue weighted by atomic mass is 16.2. The van der Waals surface area contributed by atoms with E-state index in [9.17, 15) is 4.79 Å². The minimum atomic E-state index is -0.143. The Kier molecular flexibility index (Phi) is 7.52. The van der Waals surface area contributed by atoms with Crippen LogP contribution in [0.2, 0.25) is 0 Å². The first-order valence-corrected chi connectivity index (χ1v) is 5.65. The lowest BCUT2D eigenvalue weighted by Gasteiger charge is -2.32. The van der Waals surface area contributed by atoms with Crippen molar-refractivity contribution in [2.75, 3.05) is 6.54 Å². The van der Waals surface area contributed by atoms with Crippen molar-refractivity contribution in [3.8, 4) is 6.07 Å². The van der Waals surface area contributed by atoms with E-state index in [1.54, 1.807) is 0 Å². The number of hydrogen-bond acceptors (Lipinski definition) is 4. The van der Waals surface area contributed by atoms with Crippen molar-refractivity contribution in [3.05, 3.63) is 0 Å². The van der Waals surface area contributed by atoms with E-state index >= 15 is 0 Å². The maximum absolute atomic E-state index is 11.0. The highest BCUT2D eigenvalue weighted by Crippen LogP contribution is 2.11. The van der Waals surface area contributed by atoms with E-state index in [-0.39, 0.29) is 11.9 Å². The summed E-state index contributed by atoms with van der Waals surface area (Å²) < 4.78 is 0. The van der Waals surface area contributed by atoms with Crippen LogP contribution in [0.15, 0.2) is 0 Å². The lowest BCUT2D eigenvalue weighted by Crippen LogP contribution is -2.40. The molecule has 0 aliphatic rings. The van der Waals surface area contributed by atoms with Gasteiger partial charge in [0.2, 0.25) is 5.91 Å². The smallest absolute Gasteiger partial charge is 0.233 e. The predicted octanol–water partition coefficient (Wildman–Crippen LogP) is 0.769. The van der Waals surface area contributed by atoms with E-state index in [4.69, 9.17) is 11.1 Å². The second-order valence-corrected chi connectivity index (χ2v) is 4.19. The molecule has 0 aromatic rings. The average molecular weight is 226 g/mol. The van der Waals surface area contributed by atoms with Gasteiger partial charge in [-0.25, -0.2) is 5.84 Å². The van der Waals surface area contributed by atoms with Crippen molar-refractivity contribution in [1.82, 2.24) is 10.3 Å². The van der Waals surface area contributed by atoms with Gasteiger partial charge in [-0.05, 0) is 27.2 Å². The molecule has 0 saturated heterocycles. The van der Waals surface area contributed by atoms with Crippen LogP contribution in [0.5, 0.6) is 0 Å². The van der Waals surface area contributed by atoms with E-state index in [1.807, 2.05) is 0 Å². The number of carbonyl (C=O) groups is 1. The van der Waals surface area contributed by atoms with Gasteiger partial charge in [0.25, 0.3) is 0 Å². The van der Waals surface area contributed by atoms with Gasteiger partial charge in [-0.1, -0.05) is 0 Å². The Morgan fingerprint density at radius 1 is 1.50 bits per heavy atom. The molecule has 3 N–H and O–H groups in total. The number of nitrogens with zero attached hydrogens (tertiary/aromatic N) is 2. The van der Waals surface area contributed by atoms with Crippen LogP contribution in [-0.2, 0) is 4.79 Å². The molecule has 92 valence electrons. The largest absolute Gasteiger partial charge is 0.297 e. The molecule has 16 heavy (non-hydrogen) atoms. The van der Waals surface area contributed by atoms with Crippen molar-refractivity contribution in [2.24, 2.45) is 5.84 Å². The topological polar surface area (TPSA) is 82.2 Å². The predicted molar refractivity (Wildman–Crippen MR) is 63.1 cm³/mol. The van der Waals surface area contributed by atoms with Gasteiger partial charge >= 0.3 is 0 Å². The van der Waals surface area contributed by atoms with Crippen LogP contribution in [0.1, 0.15) is 40.0 Å². The Bertz CT molecular complexity index is 247. The first-order valence-electron chi connectivity index (χ1n) is 5.65. The molecule has 5 nitrogen and oxygen atoms in total. The van der Waals surface area contributed by atoms with Gasteiger partial charge in [0, 0.05) is 31.5 Å². The van der Waals surface area contributed by atoms with Crippen LogP contribution in [0.3, 0.4) is 0 Å². The summed E-state index contributed by atoms with van der Waals surface area (Å²) >= 11 is 0. The summed E-state index contributed by atoms with van der Waals surface area (Å²) in [6.45, 7) is 7.01. The lowest BCUT2D eigenvalue weighted by atomic mass is 10.1. The monoisotopic (exact) mass is 226 g/mol. The molecular weight excluding hydrogens is 204 g/mol. The molecule has 1 atom stereocenters. The Hall–Kier alpha value is -1.12. The number of nitrogens with two attached hydrogens (primary N) is 1. The van der Waals surface area contributed by atoms with Gasteiger partial charge in [-0.3, -0.25) is 15.1 Å². The number of nitriles is 1. The third kappa shape index (κ3) is 5.69. The number of rotatable bonds is 7. The van der Waals surface area contributed by atoms with Crippen molar-refractivity contribution < 1.29 is 4.79 Å². The first kappa shape index (κ1) is 14.9. The number of carbonyl (C=O) groups excluding carboxylic acids is 1. The summed E-state index contributed by atoms with van der Waals surface area (Å²) in [5.41, 5.74) is 2.12. The molecule has 0 bridgehead atoms. The number of nitrogens with one attached hydrogen (secondary N) is 1. The summed E-state index contributed by atoms with van der Waals surface area (Å²) in [7, 11) is 0. The molecule has 0 aromatic carbocycles. The van der Waals surface area contributed by atoms with Crippen molar-refractivity contribution in [2.45, 2.75) is 52.1 Å². The molecular formula is C11H22N4O. The Balaban J connectivity index is 4.12. The molecule has 1 unspecified atom stereocenters. The Labute approximate surface area is 97.6 Å². The quantitative estimate of drug-likeness (QED) is 0.381. The first-order chi connectivity index (χ1) is 7.52. The van der Waals surface area contributed by atoms with Crippen LogP contribution in [0.4, 0.5) is 0 Å². The normalized spacial score (nSPS) is 12.6. The number of hydrazine groups is 1. The van der Waals surface area contributed by atoms with E-state index < -0.39 is 0 Å². The average Bonchev–Trinajstić information content (AvgIpc) is 2.25. The fraction of sp³-hybridized carbons (Fsp3) is 0.818. The summed E-state index contributed by atoms with van der Waals surface area (Å²) in [6.07, 6.45) is 1.70. The fourth-order valence-corrected chi connectivity index (χ4v) is 1.74. The zero-order valence-corrected chi connectivity index (χ0v) is 10.4. The maximum atomic E-state index is 11.0. The van der Waals surface area contributed by atoms with E-state index in [0.717, 1.165) is 13.0 Å². The van der Waals surface area contributed by atoms with Crippen LogP contribution in [0.25, 0.3) is 0 Å². The molecule has 0 rings (SSSR count). The second-order valence-electron chi connectivity index (χ2n) is 4.19. The minimum absolute atomic E-state index is 0.143. The molecule has 0 fully saturated rings. The number of hydrogen-bond donors (Lipinski definition) is 2. The van der Waals surface area contributed by atoms with Crippen LogP contribution >= 0.6 is 0 Å². The van der Waals surface area contributed by atoms with E-state index in [0.29, 0.717) is 18.9 Å². The van der Waals surface area contributed by atoms with E-state index in [2.05, 4.69) is 37.2 Å². The SMILES string of the molecule is CC(C)N(CCC#N)C(C)CCC(=O)NN. The minimum Gasteiger partial charge on any atom is -0.297 e. The van der Waals surface area contributed by atoms with Gasteiger partial charge in [0.05, 0.1) is 6.07 Å². The van der Waals surface area contributed by atoms with E-state index in [1.165, 1.54) is 0 Å². The van der Waals surface area contributed by atoms with Crippen LogP contribution in [0, 0.1) is 11.3 Å². The molecule has 5 heteroatoms. The molecule has 0 aliphatic heterocycles. The maximum Gasteiger partial charge on any atom is 0.233 e. The van der Waals surface area contributed by atoms with Crippen LogP contribution < -0.4 is 11.3 Å². The molecule has 0 saturated carbocycles. The second kappa shape index (κ2) is 8.08. The van der Waals surface area contributed by atoms with Gasteiger partial charge in [0.1, 0.15) is 0 Å². The molecule has 0 aliphatic carbocycles. The van der Waals surface area contributed by atoms with Crippen molar-refractivity contribution in [1.29, 1.82) is 5.26 Å². The lowest BCUT2D eigenvalue weighted by molar-refractivity contribution is -0.121. The van der Waals surface area contributed by atoms with Crippen molar-refractivity contribution >= 4 is 5.91 Å². The molecule has 0 radical (unpaired) electrons. The van der Waals surface area contributed by atoms with Gasteiger partial charge < -0.3 is 0 Å². The fourth-order valence-electron chi connectivity index (χ4n) is 1.74. The highest BCUT2D eigenvalue weighted by Gasteiger charge is 2.17. The van der Waals surface area contributed by atoms with Gasteiger partial charge in [-0.2, -0.15) is 5.26 Å². The Morgan fingerprint density at radius 2 is 2.12 bits per heavy atom. The zero-order valence-electron chi connectivity index (χ0n) is 10.4.